The molecule has 1 aliphatic heterocycles. The van der Waals surface area contributed by atoms with E-state index in [9.17, 15) is 0 Å². The normalized spacial score (nSPS) is 15.3. The summed E-state index contributed by atoms with van der Waals surface area (Å²) in [6.45, 7) is 3.79. The maximum absolute atomic E-state index is 6.11. The topological polar surface area (TPSA) is 50.3 Å². The zero-order chi connectivity index (χ0) is 15.4. The molecule has 1 fully saturated rings. The highest BCUT2D eigenvalue weighted by molar-refractivity contribution is 6.31. The molecule has 1 aromatic carbocycles. The van der Waals surface area contributed by atoms with Gasteiger partial charge in [0.1, 0.15) is 5.82 Å². The number of fused-ring (bicyclic) bond motifs is 1. The second-order valence-electron chi connectivity index (χ2n) is 5.10. The van der Waals surface area contributed by atoms with E-state index in [1.165, 1.54) is 0 Å². The first-order valence-corrected chi connectivity index (χ1v) is 8.29. The van der Waals surface area contributed by atoms with E-state index in [4.69, 9.17) is 27.9 Å². The molecule has 0 bridgehead atoms. The minimum absolute atomic E-state index is 0.618. The Morgan fingerprint density at radius 3 is 2.82 bits per heavy atom. The summed E-state index contributed by atoms with van der Waals surface area (Å²) in [5.74, 6) is 2.15. The maximum atomic E-state index is 6.11. The molecule has 0 saturated carbocycles. The number of nitrogens with one attached hydrogen (secondary N) is 1. The number of hydrogen-bond donors (Lipinski definition) is 1. The number of rotatable bonds is 5. The Hall–Kier alpha value is -1.30. The molecule has 0 spiro atoms. The number of alkyl halides is 1. The number of halogens is 2. The predicted octanol–water partition coefficient (Wildman–Crippen LogP) is 3.16. The molecule has 22 heavy (non-hydrogen) atoms. The Labute approximate surface area is 139 Å². The van der Waals surface area contributed by atoms with Crippen LogP contribution in [0.3, 0.4) is 0 Å². The highest BCUT2D eigenvalue weighted by Gasteiger charge is 2.16. The molecule has 7 heteroatoms. The number of hydrogen-bond acceptors (Lipinski definition) is 5. The van der Waals surface area contributed by atoms with Crippen LogP contribution in [0.1, 0.15) is 6.42 Å². The number of benzene rings is 1. The standard InChI is InChI=1S/C15H18Cl2N4O/c16-4-1-5-18-14-12-10-11(17)2-3-13(12)19-15(20-14)21-6-8-22-9-7-21/h2-3,10H,1,4-9H2,(H,18,19,20). The zero-order valence-electron chi connectivity index (χ0n) is 12.2. The third kappa shape index (κ3) is 3.54. The molecule has 1 aliphatic rings. The van der Waals surface area contributed by atoms with E-state index in [1.807, 2.05) is 18.2 Å². The van der Waals surface area contributed by atoms with Gasteiger partial charge >= 0.3 is 0 Å². The number of aromatic nitrogens is 2. The number of morpholine rings is 1. The Balaban J connectivity index is 1.97. The highest BCUT2D eigenvalue weighted by Crippen LogP contribution is 2.26. The maximum Gasteiger partial charge on any atom is 0.228 e. The van der Waals surface area contributed by atoms with Gasteiger partial charge in [-0.25, -0.2) is 4.98 Å². The summed E-state index contributed by atoms with van der Waals surface area (Å²) in [6.07, 6.45) is 0.876. The van der Waals surface area contributed by atoms with Crippen molar-refractivity contribution in [2.45, 2.75) is 6.42 Å². The first-order valence-electron chi connectivity index (χ1n) is 7.38. The van der Waals surface area contributed by atoms with Gasteiger partial charge in [-0.2, -0.15) is 4.98 Å². The van der Waals surface area contributed by atoms with Crippen LogP contribution in [0.4, 0.5) is 11.8 Å². The van der Waals surface area contributed by atoms with Gasteiger partial charge < -0.3 is 15.0 Å². The van der Waals surface area contributed by atoms with Crippen LogP contribution < -0.4 is 10.2 Å². The van der Waals surface area contributed by atoms with E-state index in [2.05, 4.69) is 20.2 Å². The third-order valence-corrected chi connectivity index (χ3v) is 4.05. The van der Waals surface area contributed by atoms with Crippen molar-refractivity contribution in [2.24, 2.45) is 0 Å². The molecular formula is C15H18Cl2N4O. The fourth-order valence-electron chi connectivity index (χ4n) is 2.40. The summed E-state index contributed by atoms with van der Waals surface area (Å²) in [6, 6.07) is 5.67. The molecule has 0 atom stereocenters. The van der Waals surface area contributed by atoms with Gasteiger partial charge in [-0.3, -0.25) is 0 Å². The Bertz CT molecular complexity index is 647. The van der Waals surface area contributed by atoms with Crippen molar-refractivity contribution in [1.82, 2.24) is 9.97 Å². The van der Waals surface area contributed by atoms with Crippen LogP contribution in [-0.4, -0.2) is 48.7 Å². The van der Waals surface area contributed by atoms with Crippen molar-refractivity contribution in [3.63, 3.8) is 0 Å². The van der Waals surface area contributed by atoms with Gasteiger partial charge in [0.25, 0.3) is 0 Å². The largest absolute Gasteiger partial charge is 0.378 e. The zero-order valence-corrected chi connectivity index (χ0v) is 13.7. The molecule has 0 unspecified atom stereocenters. The summed E-state index contributed by atoms with van der Waals surface area (Å²) in [5, 5.41) is 4.95. The van der Waals surface area contributed by atoms with E-state index in [0.717, 1.165) is 48.7 Å². The smallest absolute Gasteiger partial charge is 0.228 e. The van der Waals surface area contributed by atoms with Crippen LogP contribution >= 0.6 is 23.2 Å². The summed E-state index contributed by atoms with van der Waals surface area (Å²) in [5.41, 5.74) is 0.884. The highest BCUT2D eigenvalue weighted by atomic mass is 35.5. The second-order valence-corrected chi connectivity index (χ2v) is 5.92. The molecule has 3 rings (SSSR count). The van der Waals surface area contributed by atoms with Gasteiger partial charge in [0, 0.05) is 35.9 Å². The fourth-order valence-corrected chi connectivity index (χ4v) is 2.71. The van der Waals surface area contributed by atoms with Crippen molar-refractivity contribution < 1.29 is 4.74 Å². The van der Waals surface area contributed by atoms with Gasteiger partial charge in [0.2, 0.25) is 5.95 Å². The van der Waals surface area contributed by atoms with Crippen LogP contribution in [0.5, 0.6) is 0 Å². The molecule has 1 aromatic heterocycles. The van der Waals surface area contributed by atoms with Crippen LogP contribution in [0, 0.1) is 0 Å². The van der Waals surface area contributed by atoms with E-state index in [0.29, 0.717) is 24.1 Å². The third-order valence-electron chi connectivity index (χ3n) is 3.54. The molecule has 0 radical (unpaired) electrons. The summed E-state index contributed by atoms with van der Waals surface area (Å²) >= 11 is 11.9. The lowest BCUT2D eigenvalue weighted by Crippen LogP contribution is -2.37. The summed E-state index contributed by atoms with van der Waals surface area (Å²) in [4.78, 5) is 11.5. The summed E-state index contributed by atoms with van der Waals surface area (Å²) < 4.78 is 5.39. The van der Waals surface area contributed by atoms with Gasteiger partial charge in [-0.05, 0) is 24.6 Å². The Morgan fingerprint density at radius 2 is 2.05 bits per heavy atom. The van der Waals surface area contributed by atoms with E-state index in [1.54, 1.807) is 0 Å². The van der Waals surface area contributed by atoms with E-state index in [-0.39, 0.29) is 0 Å². The lowest BCUT2D eigenvalue weighted by Gasteiger charge is -2.27. The molecular weight excluding hydrogens is 323 g/mol. The molecule has 2 aromatic rings. The SMILES string of the molecule is ClCCCNc1nc(N2CCOCC2)nc2ccc(Cl)cc12. The second kappa shape index (κ2) is 7.31. The molecule has 0 aliphatic carbocycles. The van der Waals surface area contributed by atoms with Gasteiger partial charge in [-0.1, -0.05) is 11.6 Å². The number of ether oxygens (including phenoxy) is 1. The summed E-state index contributed by atoms with van der Waals surface area (Å²) in [7, 11) is 0. The Morgan fingerprint density at radius 1 is 1.23 bits per heavy atom. The van der Waals surface area contributed by atoms with Crippen molar-refractivity contribution in [3.8, 4) is 0 Å². The predicted molar refractivity (Wildman–Crippen MR) is 91.4 cm³/mol. The lowest BCUT2D eigenvalue weighted by molar-refractivity contribution is 0.122. The molecule has 1 saturated heterocycles. The van der Waals surface area contributed by atoms with Gasteiger partial charge in [-0.15, -0.1) is 11.6 Å². The Kier molecular flexibility index (Phi) is 5.18. The van der Waals surface area contributed by atoms with Crippen molar-refractivity contribution in [3.05, 3.63) is 23.2 Å². The molecule has 5 nitrogen and oxygen atoms in total. The van der Waals surface area contributed by atoms with Crippen LogP contribution in [0.25, 0.3) is 10.9 Å². The van der Waals surface area contributed by atoms with Crippen molar-refractivity contribution in [1.29, 1.82) is 0 Å². The van der Waals surface area contributed by atoms with Crippen LogP contribution in [0.15, 0.2) is 18.2 Å². The lowest BCUT2D eigenvalue weighted by atomic mass is 10.2. The van der Waals surface area contributed by atoms with Crippen molar-refractivity contribution >= 4 is 45.9 Å². The van der Waals surface area contributed by atoms with Crippen LogP contribution in [-0.2, 0) is 4.74 Å². The van der Waals surface area contributed by atoms with Crippen molar-refractivity contribution in [2.75, 3.05) is 48.9 Å². The first-order chi connectivity index (χ1) is 10.8. The molecule has 1 N–H and O–H groups in total. The first kappa shape index (κ1) is 15.6. The number of anilines is 2. The quantitative estimate of drug-likeness (QED) is 0.669. The molecule has 0 amide bonds. The number of nitrogens with zero attached hydrogens (tertiary/aromatic N) is 3. The molecule has 2 heterocycles. The van der Waals surface area contributed by atoms with Gasteiger partial charge in [0.15, 0.2) is 0 Å². The minimum Gasteiger partial charge on any atom is -0.378 e. The average Bonchev–Trinajstić information content (AvgIpc) is 2.56. The fraction of sp³-hybridized carbons (Fsp3) is 0.467. The molecule has 118 valence electrons. The van der Waals surface area contributed by atoms with Gasteiger partial charge in [0.05, 0.1) is 18.7 Å². The average molecular weight is 341 g/mol. The van der Waals surface area contributed by atoms with E-state index >= 15 is 0 Å². The minimum atomic E-state index is 0.618. The monoisotopic (exact) mass is 340 g/mol. The van der Waals surface area contributed by atoms with E-state index < -0.39 is 0 Å². The van der Waals surface area contributed by atoms with Crippen LogP contribution in [0.2, 0.25) is 5.02 Å².